The Morgan fingerprint density at radius 2 is 1.48 bits per heavy atom. The zero-order valence-electron chi connectivity index (χ0n) is 17.9. The van der Waals surface area contributed by atoms with E-state index in [1.54, 1.807) is 42.6 Å². The Labute approximate surface area is 182 Å². The monoisotopic (exact) mass is 415 g/mol. The summed E-state index contributed by atoms with van der Waals surface area (Å²) in [7, 11) is 5.25. The van der Waals surface area contributed by atoms with Gasteiger partial charge in [-0.25, -0.2) is 9.80 Å². The fourth-order valence-corrected chi connectivity index (χ4v) is 2.93. The van der Waals surface area contributed by atoms with Crippen LogP contribution in [0.3, 0.4) is 0 Å². The lowest BCUT2D eigenvalue weighted by atomic mass is 10.1. The van der Waals surface area contributed by atoms with Crippen molar-refractivity contribution in [2.24, 2.45) is 5.10 Å². The van der Waals surface area contributed by atoms with Crippen LogP contribution in [0.4, 0.5) is 5.69 Å². The number of carbonyl (C=O) groups excluding carboxylic acids is 2. The normalized spacial score (nSPS) is 10.7. The van der Waals surface area contributed by atoms with Gasteiger partial charge in [-0.3, -0.25) is 4.79 Å². The third kappa shape index (κ3) is 5.79. The highest BCUT2D eigenvalue weighted by atomic mass is 16.5. The maximum Gasteiger partial charge on any atom is 0.337 e. The minimum atomic E-state index is -0.398. The van der Waals surface area contributed by atoms with Crippen molar-refractivity contribution >= 4 is 23.8 Å². The van der Waals surface area contributed by atoms with Gasteiger partial charge in [-0.1, -0.05) is 42.5 Å². The standard InChI is InChI=1S/C25H25N3O3/c1-27(2)23-15-13-21(14-16-23)24(29)28(18-20-7-5-4-6-8-20)26-17-19-9-11-22(12-10-19)25(30)31-3/h4-17H,18H2,1-3H3/b26-17+. The Hall–Kier alpha value is -3.93. The van der Waals surface area contributed by atoms with Gasteiger partial charge in [0.05, 0.1) is 25.4 Å². The van der Waals surface area contributed by atoms with Gasteiger partial charge < -0.3 is 9.64 Å². The molecule has 1 amide bonds. The average Bonchev–Trinajstić information content (AvgIpc) is 2.81. The van der Waals surface area contributed by atoms with Gasteiger partial charge in [0.2, 0.25) is 0 Å². The molecule has 0 aromatic heterocycles. The highest BCUT2D eigenvalue weighted by Gasteiger charge is 2.16. The van der Waals surface area contributed by atoms with Crippen molar-refractivity contribution in [1.82, 2.24) is 5.01 Å². The van der Waals surface area contributed by atoms with Gasteiger partial charge in [-0.05, 0) is 47.5 Å². The first-order valence-corrected chi connectivity index (χ1v) is 9.83. The molecule has 0 aliphatic heterocycles. The van der Waals surface area contributed by atoms with Crippen molar-refractivity contribution in [3.63, 3.8) is 0 Å². The molecule has 0 spiro atoms. The van der Waals surface area contributed by atoms with E-state index in [0.717, 1.165) is 16.8 Å². The smallest absolute Gasteiger partial charge is 0.337 e. The summed E-state index contributed by atoms with van der Waals surface area (Å²) in [5.41, 5.74) is 3.76. The molecule has 31 heavy (non-hydrogen) atoms. The Morgan fingerprint density at radius 3 is 2.06 bits per heavy atom. The van der Waals surface area contributed by atoms with Crippen LogP contribution in [0.5, 0.6) is 0 Å². The molecule has 0 saturated carbocycles. The molecule has 0 bridgehead atoms. The Bertz CT molecular complexity index is 1040. The van der Waals surface area contributed by atoms with E-state index in [9.17, 15) is 9.59 Å². The molecule has 0 radical (unpaired) electrons. The predicted octanol–water partition coefficient (Wildman–Crippen LogP) is 4.22. The van der Waals surface area contributed by atoms with Crippen LogP contribution in [0.15, 0.2) is 84.0 Å². The summed E-state index contributed by atoms with van der Waals surface area (Å²) in [6.45, 7) is 0.339. The van der Waals surface area contributed by atoms with Crippen LogP contribution in [0.2, 0.25) is 0 Å². The number of carbonyl (C=O) groups is 2. The van der Waals surface area contributed by atoms with E-state index in [1.807, 2.05) is 61.5 Å². The molecule has 3 aromatic rings. The molecule has 0 fully saturated rings. The zero-order chi connectivity index (χ0) is 22.2. The average molecular weight is 415 g/mol. The van der Waals surface area contributed by atoms with Crippen LogP contribution in [-0.4, -0.2) is 44.3 Å². The summed E-state index contributed by atoms with van der Waals surface area (Å²) in [5.74, 6) is -0.595. The third-order valence-electron chi connectivity index (χ3n) is 4.72. The van der Waals surface area contributed by atoms with Gasteiger partial charge in [-0.2, -0.15) is 5.10 Å². The van der Waals surface area contributed by atoms with Crippen molar-refractivity contribution in [2.75, 3.05) is 26.1 Å². The summed E-state index contributed by atoms with van der Waals surface area (Å²) in [4.78, 5) is 26.7. The molecule has 0 aliphatic rings. The van der Waals surface area contributed by atoms with Crippen LogP contribution in [0.25, 0.3) is 0 Å². The Balaban J connectivity index is 1.84. The maximum absolute atomic E-state index is 13.2. The second-order valence-electron chi connectivity index (χ2n) is 7.15. The number of nitrogens with zero attached hydrogens (tertiary/aromatic N) is 3. The van der Waals surface area contributed by atoms with Gasteiger partial charge in [0.1, 0.15) is 0 Å². The van der Waals surface area contributed by atoms with Gasteiger partial charge in [0.25, 0.3) is 5.91 Å². The second kappa shape index (κ2) is 10.2. The number of esters is 1. The number of benzene rings is 3. The molecule has 6 nitrogen and oxygen atoms in total. The molecule has 0 atom stereocenters. The summed E-state index contributed by atoms with van der Waals surface area (Å²) in [6.07, 6.45) is 1.61. The van der Waals surface area contributed by atoms with Crippen LogP contribution in [-0.2, 0) is 11.3 Å². The first-order chi connectivity index (χ1) is 15.0. The highest BCUT2D eigenvalue weighted by molar-refractivity contribution is 5.95. The number of hydrogen-bond donors (Lipinski definition) is 0. The molecule has 6 heteroatoms. The van der Waals surface area contributed by atoms with Crippen molar-refractivity contribution in [1.29, 1.82) is 0 Å². The molecule has 0 N–H and O–H groups in total. The van der Waals surface area contributed by atoms with E-state index < -0.39 is 5.97 Å². The fraction of sp³-hybridized carbons (Fsp3) is 0.160. The van der Waals surface area contributed by atoms with Crippen LogP contribution >= 0.6 is 0 Å². The number of rotatable bonds is 7. The molecular formula is C25H25N3O3. The van der Waals surface area contributed by atoms with E-state index in [-0.39, 0.29) is 5.91 Å². The van der Waals surface area contributed by atoms with Crippen molar-refractivity contribution in [3.8, 4) is 0 Å². The van der Waals surface area contributed by atoms with Crippen LogP contribution in [0.1, 0.15) is 31.8 Å². The Kier molecular flexibility index (Phi) is 7.17. The first kappa shape index (κ1) is 21.8. The zero-order valence-corrected chi connectivity index (χ0v) is 17.9. The maximum atomic E-state index is 13.2. The highest BCUT2D eigenvalue weighted by Crippen LogP contribution is 2.16. The lowest BCUT2D eigenvalue weighted by Gasteiger charge is -2.18. The predicted molar refractivity (Wildman–Crippen MR) is 122 cm³/mol. The fourth-order valence-electron chi connectivity index (χ4n) is 2.93. The lowest BCUT2D eigenvalue weighted by molar-refractivity contribution is 0.0600. The minimum Gasteiger partial charge on any atom is -0.465 e. The van der Waals surface area contributed by atoms with Gasteiger partial charge >= 0.3 is 5.97 Å². The number of amides is 1. The minimum absolute atomic E-state index is 0.198. The molecule has 0 saturated heterocycles. The van der Waals surface area contributed by atoms with Gasteiger partial charge in [-0.15, -0.1) is 0 Å². The van der Waals surface area contributed by atoms with Crippen molar-refractivity contribution < 1.29 is 14.3 Å². The van der Waals surface area contributed by atoms with Crippen LogP contribution < -0.4 is 4.90 Å². The van der Waals surface area contributed by atoms with E-state index in [0.29, 0.717) is 17.7 Å². The Morgan fingerprint density at radius 1 is 0.871 bits per heavy atom. The number of ether oxygens (including phenoxy) is 1. The lowest BCUT2D eigenvalue weighted by Crippen LogP contribution is -2.25. The van der Waals surface area contributed by atoms with E-state index in [2.05, 4.69) is 5.10 Å². The van der Waals surface area contributed by atoms with E-state index in [1.165, 1.54) is 12.1 Å². The number of anilines is 1. The van der Waals surface area contributed by atoms with Crippen molar-refractivity contribution in [3.05, 3.63) is 101 Å². The molecule has 158 valence electrons. The molecular weight excluding hydrogens is 390 g/mol. The van der Waals surface area contributed by atoms with Crippen LogP contribution in [0, 0.1) is 0 Å². The topological polar surface area (TPSA) is 62.2 Å². The van der Waals surface area contributed by atoms with Gasteiger partial charge in [0.15, 0.2) is 0 Å². The molecule has 0 unspecified atom stereocenters. The quantitative estimate of drug-likeness (QED) is 0.329. The number of methoxy groups -OCH3 is 1. The van der Waals surface area contributed by atoms with Crippen molar-refractivity contribution in [2.45, 2.75) is 6.54 Å². The summed E-state index contributed by atoms with van der Waals surface area (Å²) in [5, 5.41) is 5.89. The summed E-state index contributed by atoms with van der Waals surface area (Å²) < 4.78 is 4.72. The molecule has 0 heterocycles. The van der Waals surface area contributed by atoms with E-state index in [4.69, 9.17) is 4.74 Å². The third-order valence-corrected chi connectivity index (χ3v) is 4.72. The summed E-state index contributed by atoms with van der Waals surface area (Å²) in [6, 6.07) is 24.0. The molecule has 3 aromatic carbocycles. The summed E-state index contributed by atoms with van der Waals surface area (Å²) >= 11 is 0. The number of hydrogen-bond acceptors (Lipinski definition) is 5. The number of hydrazone groups is 1. The molecule has 0 aliphatic carbocycles. The van der Waals surface area contributed by atoms with Gasteiger partial charge in [0, 0.05) is 25.3 Å². The van der Waals surface area contributed by atoms with E-state index >= 15 is 0 Å². The first-order valence-electron chi connectivity index (χ1n) is 9.83. The SMILES string of the molecule is COC(=O)c1ccc(/C=N/N(Cc2ccccc2)C(=O)c2ccc(N(C)C)cc2)cc1. The largest absolute Gasteiger partial charge is 0.465 e. The second-order valence-corrected chi connectivity index (χ2v) is 7.15. The molecule has 3 rings (SSSR count).